The molecule has 1 atom stereocenters. The Balaban J connectivity index is 1.53. The molecule has 1 aromatic carbocycles. The SMILES string of the molecule is Cc1cn(C)c([C@H]2CN(C(=O)CCOc3ccccc3F)CCO2)n1. The first kappa shape index (κ1) is 17.4. The fraction of sp³-hybridized carbons (Fsp3) is 0.444. The zero-order chi connectivity index (χ0) is 17.8. The van der Waals surface area contributed by atoms with E-state index in [1.165, 1.54) is 6.07 Å². The molecular formula is C18H22FN3O3. The highest BCUT2D eigenvalue weighted by Crippen LogP contribution is 2.22. The summed E-state index contributed by atoms with van der Waals surface area (Å²) in [6, 6.07) is 6.18. The second kappa shape index (κ2) is 7.65. The Bertz CT molecular complexity index is 747. The van der Waals surface area contributed by atoms with Crippen LogP contribution in [0.1, 0.15) is 24.0 Å². The Morgan fingerprint density at radius 2 is 2.24 bits per heavy atom. The Labute approximate surface area is 146 Å². The number of aryl methyl sites for hydroxylation is 2. The molecule has 2 heterocycles. The van der Waals surface area contributed by atoms with E-state index in [2.05, 4.69) is 4.98 Å². The average Bonchev–Trinajstić information content (AvgIpc) is 2.95. The molecule has 1 amide bonds. The van der Waals surface area contributed by atoms with E-state index in [0.29, 0.717) is 19.7 Å². The van der Waals surface area contributed by atoms with Crippen LogP contribution in [0.4, 0.5) is 4.39 Å². The van der Waals surface area contributed by atoms with E-state index in [-0.39, 0.29) is 30.8 Å². The third-order valence-electron chi connectivity index (χ3n) is 4.15. The van der Waals surface area contributed by atoms with Gasteiger partial charge in [0.25, 0.3) is 0 Å². The molecule has 2 aromatic rings. The molecule has 1 aromatic heterocycles. The molecule has 0 N–H and O–H groups in total. The molecule has 0 radical (unpaired) electrons. The molecule has 6 nitrogen and oxygen atoms in total. The summed E-state index contributed by atoms with van der Waals surface area (Å²) in [5, 5.41) is 0. The number of hydrogen-bond acceptors (Lipinski definition) is 4. The molecule has 3 rings (SSSR count). The van der Waals surface area contributed by atoms with Crippen LogP contribution in [0, 0.1) is 12.7 Å². The van der Waals surface area contributed by atoms with Crippen LogP contribution < -0.4 is 4.74 Å². The van der Waals surface area contributed by atoms with Gasteiger partial charge < -0.3 is 18.9 Å². The molecule has 0 bridgehead atoms. The van der Waals surface area contributed by atoms with E-state index in [4.69, 9.17) is 9.47 Å². The van der Waals surface area contributed by atoms with Gasteiger partial charge in [0.2, 0.25) is 5.91 Å². The summed E-state index contributed by atoms with van der Waals surface area (Å²) in [5.74, 6) is 0.526. The first-order valence-corrected chi connectivity index (χ1v) is 8.31. The first-order valence-electron chi connectivity index (χ1n) is 8.31. The zero-order valence-corrected chi connectivity index (χ0v) is 14.4. The minimum atomic E-state index is -0.425. The zero-order valence-electron chi connectivity index (χ0n) is 14.4. The van der Waals surface area contributed by atoms with Crippen LogP contribution in [-0.4, -0.2) is 46.7 Å². The molecule has 1 aliphatic rings. The molecular weight excluding hydrogens is 325 g/mol. The number of nitrogens with zero attached hydrogens (tertiary/aromatic N) is 3. The molecule has 1 saturated heterocycles. The standard InChI is InChI=1S/C18H22FN3O3/c1-13-11-21(2)18(20-13)16-12-22(8-10-25-16)17(23)7-9-24-15-6-4-3-5-14(15)19/h3-6,11,16H,7-10,12H2,1-2H3/t16-/m1/s1. The topological polar surface area (TPSA) is 56.6 Å². The van der Waals surface area contributed by atoms with E-state index in [1.807, 2.05) is 24.7 Å². The quantitative estimate of drug-likeness (QED) is 0.832. The van der Waals surface area contributed by atoms with Gasteiger partial charge in [0.05, 0.1) is 31.9 Å². The van der Waals surface area contributed by atoms with Crippen molar-refractivity contribution in [3.63, 3.8) is 0 Å². The van der Waals surface area contributed by atoms with Crippen molar-refractivity contribution in [2.24, 2.45) is 7.05 Å². The Kier molecular flexibility index (Phi) is 5.33. The highest BCUT2D eigenvalue weighted by molar-refractivity contribution is 5.76. The maximum absolute atomic E-state index is 13.5. The Morgan fingerprint density at radius 3 is 2.96 bits per heavy atom. The number of ether oxygens (including phenoxy) is 2. The summed E-state index contributed by atoms with van der Waals surface area (Å²) in [6.07, 6.45) is 1.89. The summed E-state index contributed by atoms with van der Waals surface area (Å²) >= 11 is 0. The smallest absolute Gasteiger partial charge is 0.226 e. The number of halogens is 1. The van der Waals surface area contributed by atoms with Gasteiger partial charge in [-0.2, -0.15) is 0 Å². The largest absolute Gasteiger partial charge is 0.490 e. The molecule has 0 unspecified atom stereocenters. The van der Waals surface area contributed by atoms with Crippen molar-refractivity contribution in [1.29, 1.82) is 0 Å². The lowest BCUT2D eigenvalue weighted by atomic mass is 10.2. The fourth-order valence-corrected chi connectivity index (χ4v) is 2.93. The van der Waals surface area contributed by atoms with Crippen molar-refractivity contribution >= 4 is 5.91 Å². The minimum absolute atomic E-state index is 0.0319. The number of carbonyl (C=O) groups is 1. The van der Waals surface area contributed by atoms with Gasteiger partial charge in [-0.3, -0.25) is 4.79 Å². The van der Waals surface area contributed by atoms with Crippen LogP contribution >= 0.6 is 0 Å². The number of carbonyl (C=O) groups excluding carboxylic acids is 1. The lowest BCUT2D eigenvalue weighted by Gasteiger charge is -2.32. The average molecular weight is 347 g/mol. The van der Waals surface area contributed by atoms with Gasteiger partial charge >= 0.3 is 0 Å². The number of rotatable bonds is 5. The molecule has 1 fully saturated rings. The summed E-state index contributed by atoms with van der Waals surface area (Å²) in [6.45, 7) is 3.54. The van der Waals surface area contributed by atoms with Gasteiger partial charge in [-0.1, -0.05) is 12.1 Å². The number of morpholine rings is 1. The normalized spacial score (nSPS) is 17.6. The second-order valence-corrected chi connectivity index (χ2v) is 6.08. The van der Waals surface area contributed by atoms with Gasteiger partial charge in [-0.15, -0.1) is 0 Å². The highest BCUT2D eigenvalue weighted by atomic mass is 19.1. The lowest BCUT2D eigenvalue weighted by Crippen LogP contribution is -2.43. The van der Waals surface area contributed by atoms with Gasteiger partial charge in [-0.05, 0) is 19.1 Å². The van der Waals surface area contributed by atoms with E-state index < -0.39 is 5.82 Å². The second-order valence-electron chi connectivity index (χ2n) is 6.08. The summed E-state index contributed by atoms with van der Waals surface area (Å²) in [4.78, 5) is 18.6. The van der Waals surface area contributed by atoms with Crippen molar-refractivity contribution in [1.82, 2.24) is 14.5 Å². The van der Waals surface area contributed by atoms with Crippen molar-refractivity contribution < 1.29 is 18.7 Å². The van der Waals surface area contributed by atoms with Crippen LogP contribution in [-0.2, 0) is 16.6 Å². The van der Waals surface area contributed by atoms with Crippen molar-refractivity contribution in [2.75, 3.05) is 26.3 Å². The Morgan fingerprint density at radius 1 is 1.44 bits per heavy atom. The lowest BCUT2D eigenvalue weighted by molar-refractivity contribution is -0.139. The number of amides is 1. The van der Waals surface area contributed by atoms with Crippen molar-refractivity contribution in [2.45, 2.75) is 19.4 Å². The summed E-state index contributed by atoms with van der Waals surface area (Å²) in [5.41, 5.74) is 0.919. The van der Waals surface area contributed by atoms with Gasteiger partial charge in [0.1, 0.15) is 11.9 Å². The number of benzene rings is 1. The number of para-hydroxylation sites is 1. The third-order valence-corrected chi connectivity index (χ3v) is 4.15. The van der Waals surface area contributed by atoms with Crippen LogP contribution in [0.2, 0.25) is 0 Å². The van der Waals surface area contributed by atoms with E-state index >= 15 is 0 Å². The summed E-state index contributed by atoms with van der Waals surface area (Å²) in [7, 11) is 1.92. The molecule has 1 aliphatic heterocycles. The van der Waals surface area contributed by atoms with Crippen LogP contribution in [0.5, 0.6) is 5.75 Å². The maximum atomic E-state index is 13.5. The number of aromatic nitrogens is 2. The van der Waals surface area contributed by atoms with Gasteiger partial charge in [0.15, 0.2) is 11.6 Å². The number of hydrogen-bond donors (Lipinski definition) is 0. The highest BCUT2D eigenvalue weighted by Gasteiger charge is 2.28. The Hall–Kier alpha value is -2.41. The molecule has 134 valence electrons. The molecule has 7 heteroatoms. The summed E-state index contributed by atoms with van der Waals surface area (Å²) < 4.78 is 26.6. The van der Waals surface area contributed by atoms with Gasteiger partial charge in [-0.25, -0.2) is 9.37 Å². The monoisotopic (exact) mass is 347 g/mol. The maximum Gasteiger partial charge on any atom is 0.226 e. The molecule has 0 saturated carbocycles. The molecule has 0 spiro atoms. The van der Waals surface area contributed by atoms with Crippen LogP contribution in [0.25, 0.3) is 0 Å². The predicted octanol–water partition coefficient (Wildman–Crippen LogP) is 2.24. The fourth-order valence-electron chi connectivity index (χ4n) is 2.93. The number of imidazole rings is 1. The van der Waals surface area contributed by atoms with E-state index in [1.54, 1.807) is 23.1 Å². The van der Waals surface area contributed by atoms with Gasteiger partial charge in [0, 0.05) is 19.8 Å². The molecule has 0 aliphatic carbocycles. The van der Waals surface area contributed by atoms with Crippen molar-refractivity contribution in [3.05, 3.63) is 47.8 Å². The van der Waals surface area contributed by atoms with Crippen LogP contribution in [0.3, 0.4) is 0 Å². The molecule has 25 heavy (non-hydrogen) atoms. The van der Waals surface area contributed by atoms with E-state index in [0.717, 1.165) is 11.5 Å². The third kappa shape index (κ3) is 4.17. The first-order chi connectivity index (χ1) is 12.0. The minimum Gasteiger partial charge on any atom is -0.490 e. The van der Waals surface area contributed by atoms with E-state index in [9.17, 15) is 9.18 Å². The predicted molar refractivity (Wildman–Crippen MR) is 89.7 cm³/mol. The van der Waals surface area contributed by atoms with Crippen LogP contribution in [0.15, 0.2) is 30.5 Å². The van der Waals surface area contributed by atoms with Crippen molar-refractivity contribution in [3.8, 4) is 5.75 Å².